The summed E-state index contributed by atoms with van der Waals surface area (Å²) in [5.74, 6) is 0. The zero-order valence-electron chi connectivity index (χ0n) is 7.69. The van der Waals surface area contributed by atoms with E-state index in [1.54, 1.807) is 0 Å². The Kier molecular flexibility index (Phi) is 3.53. The van der Waals surface area contributed by atoms with E-state index in [-0.39, 0.29) is 0 Å². The molecule has 0 aliphatic carbocycles. The van der Waals surface area contributed by atoms with Crippen molar-refractivity contribution in [3.8, 4) is 0 Å². The van der Waals surface area contributed by atoms with Gasteiger partial charge in [0.25, 0.3) is 0 Å². The molecule has 0 radical (unpaired) electrons. The van der Waals surface area contributed by atoms with Crippen LogP contribution in [0.3, 0.4) is 0 Å². The molecule has 0 aromatic heterocycles. The highest BCUT2D eigenvalue weighted by atomic mass is 127. The molecule has 1 nitrogen and oxygen atoms in total. The molecule has 12 heavy (non-hydrogen) atoms. The van der Waals surface area contributed by atoms with E-state index >= 15 is 0 Å². The van der Waals surface area contributed by atoms with E-state index < -0.39 is 0 Å². The van der Waals surface area contributed by atoms with Gasteiger partial charge in [-0.1, -0.05) is 12.1 Å². The van der Waals surface area contributed by atoms with E-state index in [1.807, 2.05) is 7.05 Å². The molecular formula is C10H14IN. The van der Waals surface area contributed by atoms with Crippen LogP contribution >= 0.6 is 22.6 Å². The minimum Gasteiger partial charge on any atom is -0.313 e. The quantitative estimate of drug-likeness (QED) is 0.818. The predicted octanol–water partition coefficient (Wildman–Crippen LogP) is 2.88. The van der Waals surface area contributed by atoms with Gasteiger partial charge in [0.15, 0.2) is 0 Å². The average molecular weight is 275 g/mol. The summed E-state index contributed by atoms with van der Waals surface area (Å²) < 4.78 is 1.33. The van der Waals surface area contributed by atoms with E-state index in [0.29, 0.717) is 6.04 Å². The summed E-state index contributed by atoms with van der Waals surface area (Å²) in [5, 5.41) is 3.23. The first-order chi connectivity index (χ1) is 5.65. The Balaban J connectivity index is 2.96. The van der Waals surface area contributed by atoms with Crippen molar-refractivity contribution in [2.45, 2.75) is 19.9 Å². The molecule has 0 saturated carbocycles. The van der Waals surface area contributed by atoms with Crippen LogP contribution in [-0.4, -0.2) is 7.05 Å². The van der Waals surface area contributed by atoms with Gasteiger partial charge in [-0.05, 0) is 60.7 Å². The molecule has 0 aliphatic heterocycles. The summed E-state index contributed by atoms with van der Waals surface area (Å²) in [7, 11) is 1.98. The number of aryl methyl sites for hydroxylation is 1. The monoisotopic (exact) mass is 275 g/mol. The van der Waals surface area contributed by atoms with Gasteiger partial charge in [-0.2, -0.15) is 0 Å². The third-order valence-corrected chi connectivity index (χ3v) is 3.33. The summed E-state index contributed by atoms with van der Waals surface area (Å²) in [6.07, 6.45) is 0. The minimum atomic E-state index is 0.445. The molecule has 1 rings (SSSR count). The van der Waals surface area contributed by atoms with Crippen molar-refractivity contribution in [3.63, 3.8) is 0 Å². The van der Waals surface area contributed by atoms with E-state index in [0.717, 1.165) is 0 Å². The minimum absolute atomic E-state index is 0.445. The molecule has 0 heterocycles. The normalized spacial score (nSPS) is 13.0. The van der Waals surface area contributed by atoms with E-state index in [2.05, 4.69) is 60.0 Å². The Bertz CT molecular complexity index is 271. The van der Waals surface area contributed by atoms with Crippen molar-refractivity contribution in [3.05, 3.63) is 32.9 Å². The van der Waals surface area contributed by atoms with Gasteiger partial charge >= 0.3 is 0 Å². The Morgan fingerprint density at radius 3 is 2.58 bits per heavy atom. The molecule has 0 spiro atoms. The predicted molar refractivity (Wildman–Crippen MR) is 61.4 cm³/mol. The lowest BCUT2D eigenvalue weighted by atomic mass is 10.1. The molecule has 0 saturated heterocycles. The van der Waals surface area contributed by atoms with E-state index in [1.165, 1.54) is 14.7 Å². The van der Waals surface area contributed by atoms with Crippen LogP contribution in [0.2, 0.25) is 0 Å². The fourth-order valence-corrected chi connectivity index (χ4v) is 1.44. The van der Waals surface area contributed by atoms with Gasteiger partial charge in [0.1, 0.15) is 0 Å². The van der Waals surface area contributed by atoms with Gasteiger partial charge < -0.3 is 5.32 Å². The molecule has 1 atom stereocenters. The maximum atomic E-state index is 3.23. The Morgan fingerprint density at radius 2 is 2.08 bits per heavy atom. The van der Waals surface area contributed by atoms with Crippen LogP contribution in [0.1, 0.15) is 24.1 Å². The maximum Gasteiger partial charge on any atom is 0.0289 e. The molecule has 1 aromatic carbocycles. The lowest BCUT2D eigenvalue weighted by Crippen LogP contribution is -2.12. The Hall–Kier alpha value is -0.0900. The third-order valence-electron chi connectivity index (χ3n) is 2.12. The summed E-state index contributed by atoms with van der Waals surface area (Å²) in [4.78, 5) is 0. The Labute approximate surface area is 87.7 Å². The van der Waals surface area contributed by atoms with Crippen molar-refractivity contribution < 1.29 is 0 Å². The first-order valence-electron chi connectivity index (χ1n) is 4.08. The summed E-state index contributed by atoms with van der Waals surface area (Å²) >= 11 is 2.36. The van der Waals surface area contributed by atoms with Crippen molar-refractivity contribution in [2.24, 2.45) is 0 Å². The summed E-state index contributed by atoms with van der Waals surface area (Å²) in [6, 6.07) is 7.03. The molecule has 1 N–H and O–H groups in total. The van der Waals surface area contributed by atoms with Gasteiger partial charge in [-0.25, -0.2) is 0 Å². The molecule has 2 heteroatoms. The molecule has 0 bridgehead atoms. The largest absolute Gasteiger partial charge is 0.313 e. The van der Waals surface area contributed by atoms with Gasteiger partial charge in [-0.3, -0.25) is 0 Å². The van der Waals surface area contributed by atoms with Gasteiger partial charge in [-0.15, -0.1) is 0 Å². The van der Waals surface area contributed by atoms with Gasteiger partial charge in [0, 0.05) is 9.61 Å². The second-order valence-corrected chi connectivity index (χ2v) is 4.18. The maximum absolute atomic E-state index is 3.23. The standard InChI is InChI=1S/C10H14IN/c1-7-6-9(8(2)12-3)4-5-10(7)11/h4-6,8,12H,1-3H3/t8-/m1/s1. The lowest BCUT2D eigenvalue weighted by molar-refractivity contribution is 0.651. The highest BCUT2D eigenvalue weighted by Gasteiger charge is 2.02. The zero-order chi connectivity index (χ0) is 9.14. The fraction of sp³-hybridized carbons (Fsp3) is 0.400. The van der Waals surface area contributed by atoms with E-state index in [4.69, 9.17) is 0 Å². The Morgan fingerprint density at radius 1 is 1.42 bits per heavy atom. The number of benzene rings is 1. The summed E-state index contributed by atoms with van der Waals surface area (Å²) in [5.41, 5.74) is 2.71. The molecule has 0 unspecified atom stereocenters. The zero-order valence-corrected chi connectivity index (χ0v) is 9.84. The second kappa shape index (κ2) is 4.23. The molecule has 1 aromatic rings. The molecule has 0 amide bonds. The SMILES string of the molecule is CN[C@H](C)c1ccc(I)c(C)c1. The molecule has 0 aliphatic rings. The first kappa shape index (κ1) is 9.99. The van der Waals surface area contributed by atoms with Crippen molar-refractivity contribution >= 4 is 22.6 Å². The second-order valence-electron chi connectivity index (χ2n) is 3.02. The number of rotatable bonds is 2. The molecular weight excluding hydrogens is 261 g/mol. The fourth-order valence-electron chi connectivity index (χ4n) is 1.10. The van der Waals surface area contributed by atoms with Crippen LogP contribution in [0.15, 0.2) is 18.2 Å². The number of hydrogen-bond donors (Lipinski definition) is 1. The van der Waals surface area contributed by atoms with Crippen LogP contribution < -0.4 is 5.32 Å². The number of hydrogen-bond acceptors (Lipinski definition) is 1. The van der Waals surface area contributed by atoms with Crippen LogP contribution in [0.5, 0.6) is 0 Å². The van der Waals surface area contributed by atoms with Crippen LogP contribution in [0, 0.1) is 10.5 Å². The first-order valence-corrected chi connectivity index (χ1v) is 5.16. The average Bonchev–Trinajstić information content (AvgIpc) is 2.08. The van der Waals surface area contributed by atoms with Gasteiger partial charge in [0.05, 0.1) is 0 Å². The lowest BCUT2D eigenvalue weighted by Gasteiger charge is -2.11. The van der Waals surface area contributed by atoms with Crippen LogP contribution in [-0.2, 0) is 0 Å². The van der Waals surface area contributed by atoms with Crippen molar-refractivity contribution in [2.75, 3.05) is 7.05 Å². The molecule has 0 fully saturated rings. The van der Waals surface area contributed by atoms with Gasteiger partial charge in [0.2, 0.25) is 0 Å². The number of halogens is 1. The van der Waals surface area contributed by atoms with Crippen LogP contribution in [0.4, 0.5) is 0 Å². The summed E-state index contributed by atoms with van der Waals surface area (Å²) in [6.45, 7) is 4.31. The van der Waals surface area contributed by atoms with Crippen molar-refractivity contribution in [1.82, 2.24) is 5.32 Å². The number of nitrogens with one attached hydrogen (secondary N) is 1. The highest BCUT2D eigenvalue weighted by molar-refractivity contribution is 14.1. The smallest absolute Gasteiger partial charge is 0.0289 e. The molecule has 66 valence electrons. The van der Waals surface area contributed by atoms with Crippen LogP contribution in [0.25, 0.3) is 0 Å². The van der Waals surface area contributed by atoms with Crippen molar-refractivity contribution in [1.29, 1.82) is 0 Å². The third kappa shape index (κ3) is 2.20. The highest BCUT2D eigenvalue weighted by Crippen LogP contribution is 2.17. The van der Waals surface area contributed by atoms with E-state index in [9.17, 15) is 0 Å². The topological polar surface area (TPSA) is 12.0 Å².